The van der Waals surface area contributed by atoms with Crippen molar-refractivity contribution in [2.45, 2.75) is 27.2 Å². The largest absolute Gasteiger partial charge is 0.492 e. The van der Waals surface area contributed by atoms with E-state index in [4.69, 9.17) is 33.7 Å². The maximum Gasteiger partial charge on any atom is 0.266 e. The molecule has 1 amide bonds. The Hall–Kier alpha value is -2.61. The molecule has 1 fully saturated rings. The third kappa shape index (κ3) is 5.37. The zero-order valence-corrected chi connectivity index (χ0v) is 21.7. The summed E-state index contributed by atoms with van der Waals surface area (Å²) in [5.74, 6) is 0.906. The minimum absolute atomic E-state index is 0.0662. The number of thiocarbonyl (C=S) groups is 1. The van der Waals surface area contributed by atoms with Crippen LogP contribution in [0.5, 0.6) is 5.75 Å². The monoisotopic (exact) mass is 511 g/mol. The van der Waals surface area contributed by atoms with Gasteiger partial charge in [0.1, 0.15) is 15.8 Å². The fraction of sp³-hybridized carbons (Fsp3) is 0.269. The first-order valence-electron chi connectivity index (χ1n) is 11.2. The highest BCUT2D eigenvalue weighted by molar-refractivity contribution is 8.26. The predicted octanol–water partition coefficient (Wildman–Crippen LogP) is 6.84. The van der Waals surface area contributed by atoms with Gasteiger partial charge in [-0.15, -0.1) is 0 Å². The van der Waals surface area contributed by atoms with Crippen LogP contribution in [0.1, 0.15) is 32.8 Å². The van der Waals surface area contributed by atoms with Gasteiger partial charge < -0.3 is 4.74 Å². The first-order chi connectivity index (χ1) is 16.4. The van der Waals surface area contributed by atoms with Crippen molar-refractivity contribution in [3.63, 3.8) is 0 Å². The number of nitrogens with zero attached hydrogens (tertiary/aromatic N) is 3. The Balaban J connectivity index is 1.76. The van der Waals surface area contributed by atoms with E-state index in [1.807, 2.05) is 65.5 Å². The summed E-state index contributed by atoms with van der Waals surface area (Å²) < 4.78 is 8.12. The van der Waals surface area contributed by atoms with Gasteiger partial charge in [0, 0.05) is 23.9 Å². The van der Waals surface area contributed by atoms with E-state index < -0.39 is 0 Å². The van der Waals surface area contributed by atoms with Crippen molar-refractivity contribution in [3.05, 3.63) is 70.2 Å². The van der Waals surface area contributed by atoms with Gasteiger partial charge >= 0.3 is 0 Å². The SMILES string of the molecule is CCCOc1ccc(-c2nn(-c3ccccc3)cc2C=C2SC(=S)N(CC(C)C)C2=O)cc1Cl. The molecule has 176 valence electrons. The molecule has 0 aliphatic carbocycles. The lowest BCUT2D eigenvalue weighted by Crippen LogP contribution is -2.31. The van der Waals surface area contributed by atoms with E-state index in [9.17, 15) is 4.79 Å². The zero-order valence-electron chi connectivity index (χ0n) is 19.3. The quantitative estimate of drug-likeness (QED) is 0.245. The van der Waals surface area contributed by atoms with Crippen molar-refractivity contribution >= 4 is 51.9 Å². The summed E-state index contributed by atoms with van der Waals surface area (Å²) in [7, 11) is 0. The molecule has 0 atom stereocenters. The van der Waals surface area contributed by atoms with E-state index in [0.29, 0.717) is 39.1 Å². The number of aromatic nitrogens is 2. The van der Waals surface area contributed by atoms with Gasteiger partial charge in [0.25, 0.3) is 5.91 Å². The Bertz CT molecular complexity index is 1240. The van der Waals surface area contributed by atoms with Crippen LogP contribution in [-0.2, 0) is 4.79 Å². The van der Waals surface area contributed by atoms with Crippen LogP contribution in [0.2, 0.25) is 5.02 Å². The first-order valence-corrected chi connectivity index (χ1v) is 12.8. The topological polar surface area (TPSA) is 47.4 Å². The molecular weight excluding hydrogens is 486 g/mol. The molecule has 0 saturated carbocycles. The molecular formula is C26H26ClN3O2S2. The molecule has 0 bridgehead atoms. The molecule has 3 aromatic rings. The smallest absolute Gasteiger partial charge is 0.266 e. The fourth-order valence-corrected chi connectivity index (χ4v) is 5.07. The number of halogens is 1. The Morgan fingerprint density at radius 2 is 1.97 bits per heavy atom. The summed E-state index contributed by atoms with van der Waals surface area (Å²) >= 11 is 13.3. The van der Waals surface area contributed by atoms with Crippen molar-refractivity contribution in [1.82, 2.24) is 14.7 Å². The molecule has 0 radical (unpaired) electrons. The van der Waals surface area contributed by atoms with E-state index in [-0.39, 0.29) is 5.91 Å². The maximum atomic E-state index is 13.1. The van der Waals surface area contributed by atoms with Crippen LogP contribution in [0.25, 0.3) is 23.0 Å². The van der Waals surface area contributed by atoms with Gasteiger partial charge in [-0.3, -0.25) is 9.69 Å². The molecule has 0 N–H and O–H groups in total. The number of para-hydroxylation sites is 1. The van der Waals surface area contributed by atoms with Gasteiger partial charge in [-0.25, -0.2) is 4.68 Å². The Morgan fingerprint density at radius 1 is 1.21 bits per heavy atom. The van der Waals surface area contributed by atoms with E-state index in [0.717, 1.165) is 28.9 Å². The lowest BCUT2D eigenvalue weighted by molar-refractivity contribution is -0.122. The number of ether oxygens (including phenoxy) is 1. The molecule has 2 aromatic carbocycles. The van der Waals surface area contributed by atoms with Crippen LogP contribution in [0.4, 0.5) is 0 Å². The number of carbonyl (C=O) groups excluding carboxylic acids is 1. The lowest BCUT2D eigenvalue weighted by Gasteiger charge is -2.16. The van der Waals surface area contributed by atoms with Crippen LogP contribution in [0.3, 0.4) is 0 Å². The molecule has 8 heteroatoms. The third-order valence-corrected chi connectivity index (χ3v) is 6.81. The summed E-state index contributed by atoms with van der Waals surface area (Å²) in [6.07, 6.45) is 4.70. The average Bonchev–Trinajstić information content (AvgIpc) is 3.35. The van der Waals surface area contributed by atoms with E-state index in [2.05, 4.69) is 20.8 Å². The highest BCUT2D eigenvalue weighted by atomic mass is 35.5. The summed E-state index contributed by atoms with van der Waals surface area (Å²) in [4.78, 5) is 15.3. The van der Waals surface area contributed by atoms with E-state index in [1.54, 1.807) is 4.90 Å². The Labute approximate surface area is 214 Å². The van der Waals surface area contributed by atoms with Crippen LogP contribution in [0, 0.1) is 5.92 Å². The van der Waals surface area contributed by atoms with Gasteiger partial charge in [0.05, 0.1) is 22.2 Å². The standard InChI is InChI=1S/C26H26ClN3O2S2/c1-4-12-32-22-11-10-18(13-21(22)27)24-19(16-30(28-24)20-8-6-5-7-9-20)14-23-25(31)29(15-17(2)3)26(33)34-23/h5-11,13-14,16-17H,4,12,15H2,1-3H3. The molecule has 34 heavy (non-hydrogen) atoms. The van der Waals surface area contributed by atoms with Crippen LogP contribution >= 0.6 is 35.6 Å². The number of carbonyl (C=O) groups is 1. The number of benzene rings is 2. The lowest BCUT2D eigenvalue weighted by atomic mass is 10.1. The molecule has 5 nitrogen and oxygen atoms in total. The van der Waals surface area contributed by atoms with Crippen molar-refractivity contribution in [2.75, 3.05) is 13.2 Å². The van der Waals surface area contributed by atoms with Crippen molar-refractivity contribution in [2.24, 2.45) is 5.92 Å². The van der Waals surface area contributed by atoms with Crippen LogP contribution in [0.15, 0.2) is 59.6 Å². The fourth-order valence-electron chi connectivity index (χ4n) is 3.57. The molecule has 0 spiro atoms. The molecule has 0 unspecified atom stereocenters. The zero-order chi connectivity index (χ0) is 24.2. The van der Waals surface area contributed by atoms with E-state index >= 15 is 0 Å². The highest BCUT2D eigenvalue weighted by Crippen LogP contribution is 2.36. The molecule has 1 aromatic heterocycles. The number of thioether (sulfide) groups is 1. The second-order valence-electron chi connectivity index (χ2n) is 8.39. The van der Waals surface area contributed by atoms with Crippen LogP contribution in [-0.4, -0.2) is 38.1 Å². The van der Waals surface area contributed by atoms with Gasteiger partial charge in [-0.1, -0.05) is 74.6 Å². The normalized spacial score (nSPS) is 15.1. The Morgan fingerprint density at radius 3 is 2.65 bits per heavy atom. The molecule has 1 aliphatic heterocycles. The van der Waals surface area contributed by atoms with Crippen molar-refractivity contribution in [3.8, 4) is 22.7 Å². The maximum absolute atomic E-state index is 13.1. The first kappa shape index (κ1) is 24.5. The summed E-state index contributed by atoms with van der Waals surface area (Å²) in [5, 5.41) is 5.37. The predicted molar refractivity (Wildman–Crippen MR) is 145 cm³/mol. The van der Waals surface area contributed by atoms with Crippen molar-refractivity contribution in [1.29, 1.82) is 0 Å². The number of hydrogen-bond acceptors (Lipinski definition) is 5. The average molecular weight is 512 g/mol. The summed E-state index contributed by atoms with van der Waals surface area (Å²) in [6, 6.07) is 15.5. The van der Waals surface area contributed by atoms with E-state index in [1.165, 1.54) is 11.8 Å². The second kappa shape index (κ2) is 10.8. The van der Waals surface area contributed by atoms with Gasteiger partial charge in [0.15, 0.2) is 0 Å². The summed E-state index contributed by atoms with van der Waals surface area (Å²) in [6.45, 7) is 7.40. The van der Waals surface area contributed by atoms with Gasteiger partial charge in [-0.05, 0) is 48.7 Å². The number of hydrogen-bond donors (Lipinski definition) is 0. The Kier molecular flexibility index (Phi) is 7.76. The van der Waals surface area contributed by atoms with Crippen molar-refractivity contribution < 1.29 is 9.53 Å². The molecule has 2 heterocycles. The third-order valence-electron chi connectivity index (χ3n) is 5.14. The minimum atomic E-state index is -0.0662. The van der Waals surface area contributed by atoms with Crippen LogP contribution < -0.4 is 4.74 Å². The molecule has 1 saturated heterocycles. The molecule has 1 aliphatic rings. The highest BCUT2D eigenvalue weighted by Gasteiger charge is 2.32. The second-order valence-corrected chi connectivity index (χ2v) is 10.5. The number of amides is 1. The molecule has 4 rings (SSSR count). The number of rotatable bonds is 8. The van der Waals surface area contributed by atoms with Gasteiger partial charge in [0.2, 0.25) is 0 Å². The van der Waals surface area contributed by atoms with Gasteiger partial charge in [-0.2, -0.15) is 5.10 Å². The minimum Gasteiger partial charge on any atom is -0.492 e. The summed E-state index contributed by atoms with van der Waals surface area (Å²) in [5.41, 5.74) is 3.30.